The molecule has 0 saturated carbocycles. The number of halogens is 2. The lowest BCUT2D eigenvalue weighted by molar-refractivity contribution is 0.0764. The van der Waals surface area contributed by atoms with Crippen LogP contribution in [-0.2, 0) is 13.1 Å². The zero-order chi connectivity index (χ0) is 22.9. The third-order valence-electron chi connectivity index (χ3n) is 5.39. The van der Waals surface area contributed by atoms with Gasteiger partial charge < -0.3 is 9.64 Å². The van der Waals surface area contributed by atoms with Crippen molar-refractivity contribution < 1.29 is 18.3 Å². The van der Waals surface area contributed by atoms with Crippen molar-refractivity contribution in [2.75, 3.05) is 0 Å². The van der Waals surface area contributed by atoms with E-state index in [-0.39, 0.29) is 17.2 Å². The van der Waals surface area contributed by atoms with Crippen LogP contribution in [0.25, 0.3) is 5.69 Å². The van der Waals surface area contributed by atoms with Crippen LogP contribution in [0.1, 0.15) is 27.0 Å². The molecule has 1 amide bonds. The van der Waals surface area contributed by atoms with E-state index in [1.807, 2.05) is 36.5 Å². The van der Waals surface area contributed by atoms with Crippen molar-refractivity contribution in [3.8, 4) is 23.3 Å². The summed E-state index contributed by atoms with van der Waals surface area (Å²) in [6, 6.07) is 17.8. The number of nitrogens with zero attached hydrogens (tertiary/aromatic N) is 4. The minimum absolute atomic E-state index is 0.121. The Morgan fingerprint density at radius 3 is 2.64 bits per heavy atom. The smallest absolute Gasteiger partial charge is 0.258 e. The molecule has 1 aliphatic rings. The fourth-order valence-electron chi connectivity index (χ4n) is 3.85. The molecular weight excluding hydrogens is 426 g/mol. The van der Waals surface area contributed by atoms with Crippen molar-refractivity contribution in [3.05, 3.63) is 107 Å². The molecule has 33 heavy (non-hydrogen) atoms. The molecule has 3 aromatic carbocycles. The molecule has 0 bridgehead atoms. The summed E-state index contributed by atoms with van der Waals surface area (Å²) in [5.74, 6) is -2.44. The van der Waals surface area contributed by atoms with E-state index in [9.17, 15) is 18.8 Å². The Hall–Kier alpha value is -4.51. The van der Waals surface area contributed by atoms with Crippen molar-refractivity contribution >= 4 is 5.91 Å². The minimum atomic E-state index is -1.01. The number of carbonyl (C=O) groups is 1. The zero-order valence-corrected chi connectivity index (χ0v) is 17.2. The van der Waals surface area contributed by atoms with Crippen molar-refractivity contribution in [2.45, 2.75) is 13.1 Å². The molecule has 162 valence electrons. The van der Waals surface area contributed by atoms with E-state index in [0.29, 0.717) is 24.7 Å². The van der Waals surface area contributed by atoms with E-state index in [1.54, 1.807) is 34.0 Å². The molecule has 5 rings (SSSR count). The molecular formula is C25H16F2N4O2. The van der Waals surface area contributed by atoms with E-state index in [2.05, 4.69) is 5.10 Å². The predicted octanol–water partition coefficient (Wildman–Crippen LogP) is 4.97. The van der Waals surface area contributed by atoms with Gasteiger partial charge in [0.05, 0.1) is 11.3 Å². The average Bonchev–Trinajstić information content (AvgIpc) is 3.45. The highest BCUT2D eigenvalue weighted by Gasteiger charge is 2.31. The Balaban J connectivity index is 1.39. The minimum Gasteiger partial charge on any atom is -0.452 e. The second-order valence-corrected chi connectivity index (χ2v) is 7.55. The largest absolute Gasteiger partial charge is 0.452 e. The third kappa shape index (κ3) is 3.81. The molecule has 0 N–H and O–H groups in total. The molecule has 0 unspecified atom stereocenters. The predicted molar refractivity (Wildman–Crippen MR) is 115 cm³/mol. The van der Waals surface area contributed by atoms with Gasteiger partial charge in [-0.15, -0.1) is 0 Å². The van der Waals surface area contributed by atoms with Gasteiger partial charge in [0.15, 0.2) is 11.6 Å². The first kappa shape index (κ1) is 20.4. The fourth-order valence-corrected chi connectivity index (χ4v) is 3.85. The molecule has 0 saturated heterocycles. The fraction of sp³-hybridized carbons (Fsp3) is 0.0800. The molecule has 0 spiro atoms. The number of hydrogen-bond acceptors (Lipinski definition) is 4. The number of aromatic nitrogens is 2. The summed E-state index contributed by atoms with van der Waals surface area (Å²) >= 11 is 0. The van der Waals surface area contributed by atoms with Crippen LogP contribution in [-0.4, -0.2) is 20.6 Å². The van der Waals surface area contributed by atoms with Gasteiger partial charge in [-0.25, -0.2) is 13.5 Å². The molecule has 0 fully saturated rings. The third-order valence-corrected chi connectivity index (χ3v) is 5.39. The maximum absolute atomic E-state index is 14.3. The quantitative estimate of drug-likeness (QED) is 0.438. The Bertz CT molecular complexity index is 1390. The van der Waals surface area contributed by atoms with Crippen LogP contribution < -0.4 is 4.74 Å². The number of rotatable bonds is 5. The van der Waals surface area contributed by atoms with Gasteiger partial charge in [0.2, 0.25) is 0 Å². The number of carbonyl (C=O) groups excluding carboxylic acids is 1. The molecule has 6 nitrogen and oxygen atoms in total. The van der Waals surface area contributed by atoms with Crippen LogP contribution in [0.5, 0.6) is 11.5 Å². The average molecular weight is 442 g/mol. The standard InChI is InChI=1S/C25H16F2N4O2/c26-19-11-18(13-28)24(21(27)12-19)33-22-4-1-3-17-15-30(25(32)23(17)22)14-16-5-7-20(8-6-16)31-10-2-9-29-31/h1-12H,14-15H2. The van der Waals surface area contributed by atoms with Crippen LogP contribution in [0.3, 0.4) is 0 Å². The maximum Gasteiger partial charge on any atom is 0.258 e. The lowest BCUT2D eigenvalue weighted by Crippen LogP contribution is -2.23. The van der Waals surface area contributed by atoms with E-state index in [1.165, 1.54) is 6.07 Å². The second-order valence-electron chi connectivity index (χ2n) is 7.55. The van der Waals surface area contributed by atoms with Crippen LogP contribution in [0.2, 0.25) is 0 Å². The first-order chi connectivity index (χ1) is 16.0. The number of hydrogen-bond donors (Lipinski definition) is 0. The van der Waals surface area contributed by atoms with Gasteiger partial charge in [-0.1, -0.05) is 24.3 Å². The highest BCUT2D eigenvalue weighted by atomic mass is 19.1. The van der Waals surface area contributed by atoms with Crippen molar-refractivity contribution in [1.82, 2.24) is 14.7 Å². The van der Waals surface area contributed by atoms with E-state index >= 15 is 0 Å². The Labute approximate surface area is 187 Å². The molecule has 1 aromatic heterocycles. The summed E-state index contributed by atoms with van der Waals surface area (Å²) in [5, 5.41) is 13.4. The molecule has 1 aliphatic heterocycles. The number of fused-ring (bicyclic) bond motifs is 1. The summed E-state index contributed by atoms with van der Waals surface area (Å²) in [6.45, 7) is 0.740. The van der Waals surface area contributed by atoms with Crippen LogP contribution >= 0.6 is 0 Å². The Morgan fingerprint density at radius 2 is 1.91 bits per heavy atom. The van der Waals surface area contributed by atoms with Gasteiger partial charge in [0, 0.05) is 31.5 Å². The van der Waals surface area contributed by atoms with E-state index in [4.69, 9.17) is 4.74 Å². The molecule has 8 heteroatoms. The summed E-state index contributed by atoms with van der Waals surface area (Å²) in [7, 11) is 0. The summed E-state index contributed by atoms with van der Waals surface area (Å²) < 4.78 is 35.2. The Kier molecular flexibility index (Phi) is 5.07. The van der Waals surface area contributed by atoms with Gasteiger partial charge >= 0.3 is 0 Å². The topological polar surface area (TPSA) is 71.2 Å². The van der Waals surface area contributed by atoms with Gasteiger partial charge in [0.1, 0.15) is 23.2 Å². The monoisotopic (exact) mass is 442 g/mol. The first-order valence-corrected chi connectivity index (χ1v) is 10.1. The summed E-state index contributed by atoms with van der Waals surface area (Å²) in [5.41, 5.74) is 2.59. The number of amides is 1. The second kappa shape index (κ2) is 8.20. The van der Waals surface area contributed by atoms with Crippen LogP contribution in [0.4, 0.5) is 8.78 Å². The van der Waals surface area contributed by atoms with Crippen LogP contribution in [0, 0.1) is 23.0 Å². The normalized spacial score (nSPS) is 12.5. The molecule has 2 heterocycles. The van der Waals surface area contributed by atoms with Gasteiger partial charge in [-0.05, 0) is 41.5 Å². The van der Waals surface area contributed by atoms with Gasteiger partial charge in [-0.3, -0.25) is 4.79 Å². The van der Waals surface area contributed by atoms with Crippen LogP contribution in [0.15, 0.2) is 73.1 Å². The van der Waals surface area contributed by atoms with Gasteiger partial charge in [0.25, 0.3) is 5.91 Å². The number of nitriles is 1. The zero-order valence-electron chi connectivity index (χ0n) is 17.2. The van der Waals surface area contributed by atoms with Crippen molar-refractivity contribution in [1.29, 1.82) is 5.26 Å². The number of benzene rings is 3. The molecule has 0 aliphatic carbocycles. The molecule has 4 aromatic rings. The van der Waals surface area contributed by atoms with Crippen molar-refractivity contribution in [2.24, 2.45) is 0 Å². The number of ether oxygens (including phenoxy) is 1. The maximum atomic E-state index is 14.3. The van der Waals surface area contributed by atoms with Crippen molar-refractivity contribution in [3.63, 3.8) is 0 Å². The lowest BCUT2D eigenvalue weighted by Gasteiger charge is -2.16. The Morgan fingerprint density at radius 1 is 1.09 bits per heavy atom. The first-order valence-electron chi connectivity index (χ1n) is 10.1. The lowest BCUT2D eigenvalue weighted by atomic mass is 10.1. The van der Waals surface area contributed by atoms with E-state index in [0.717, 1.165) is 22.9 Å². The highest BCUT2D eigenvalue weighted by Crippen LogP contribution is 2.36. The molecule has 0 radical (unpaired) electrons. The van der Waals surface area contributed by atoms with Gasteiger partial charge in [-0.2, -0.15) is 10.4 Å². The SMILES string of the molecule is N#Cc1cc(F)cc(F)c1Oc1cccc2c1C(=O)N(Cc1ccc(-n3cccn3)cc1)C2. The molecule has 0 atom stereocenters. The summed E-state index contributed by atoms with van der Waals surface area (Å²) in [4.78, 5) is 14.8. The van der Waals surface area contributed by atoms with E-state index < -0.39 is 17.4 Å². The summed E-state index contributed by atoms with van der Waals surface area (Å²) in [6.07, 6.45) is 3.55. The highest BCUT2D eigenvalue weighted by molar-refractivity contribution is 6.01.